The molecule has 4 heteroatoms. The van der Waals surface area contributed by atoms with Crippen molar-refractivity contribution in [2.75, 3.05) is 6.61 Å². The van der Waals surface area contributed by atoms with E-state index in [1.807, 2.05) is 6.92 Å². The lowest BCUT2D eigenvalue weighted by Gasteiger charge is -2.60. The summed E-state index contributed by atoms with van der Waals surface area (Å²) >= 11 is 0. The molecule has 35 heavy (non-hydrogen) atoms. The molecule has 0 spiro atoms. The fourth-order valence-corrected chi connectivity index (χ4v) is 8.80. The fraction of sp³-hybridized carbons (Fsp3) is 0.710. The van der Waals surface area contributed by atoms with Crippen molar-refractivity contribution in [1.29, 1.82) is 0 Å². The van der Waals surface area contributed by atoms with Crippen LogP contribution in [-0.2, 0) is 20.9 Å². The lowest BCUT2D eigenvalue weighted by molar-refractivity contribution is -0.232. The molecule has 1 aromatic rings. The molecule has 4 aliphatic rings. The third-order valence-electron chi connectivity index (χ3n) is 10.8. The van der Waals surface area contributed by atoms with Crippen molar-refractivity contribution in [3.63, 3.8) is 0 Å². The third-order valence-corrected chi connectivity index (χ3v) is 10.8. The summed E-state index contributed by atoms with van der Waals surface area (Å²) in [6.07, 6.45) is 9.85. The molecule has 3 fully saturated rings. The summed E-state index contributed by atoms with van der Waals surface area (Å²) in [7, 11) is 0. The zero-order valence-corrected chi connectivity index (χ0v) is 22.4. The van der Waals surface area contributed by atoms with Crippen LogP contribution in [-0.4, -0.2) is 28.9 Å². The van der Waals surface area contributed by atoms with Gasteiger partial charge in [0, 0.05) is 24.9 Å². The second-order valence-electron chi connectivity index (χ2n) is 12.5. The van der Waals surface area contributed by atoms with Gasteiger partial charge >= 0.3 is 0 Å². The summed E-state index contributed by atoms with van der Waals surface area (Å²) in [5.41, 5.74) is 3.14. The number of aryl methyl sites for hydroxylation is 1. The van der Waals surface area contributed by atoms with Gasteiger partial charge in [0.05, 0.1) is 6.61 Å². The van der Waals surface area contributed by atoms with E-state index in [0.29, 0.717) is 43.8 Å². The van der Waals surface area contributed by atoms with Crippen LogP contribution in [0.5, 0.6) is 0 Å². The topological polar surface area (TPSA) is 55.8 Å². The molecular weight excluding hydrogens is 436 g/mol. The molecule has 0 aliphatic heterocycles. The number of aliphatic hydroxyl groups is 1. The van der Waals surface area contributed by atoms with Crippen LogP contribution in [0.3, 0.4) is 0 Å². The van der Waals surface area contributed by atoms with Crippen molar-refractivity contribution in [3.8, 4) is 0 Å². The number of fused-ring (bicyclic) bond motifs is 5. The van der Waals surface area contributed by atoms with E-state index in [-0.39, 0.29) is 16.6 Å². The average molecular weight is 481 g/mol. The molecule has 7 atom stereocenters. The molecule has 1 N–H and O–H groups in total. The van der Waals surface area contributed by atoms with Crippen molar-refractivity contribution in [2.24, 2.45) is 28.6 Å². The smallest absolute Gasteiger partial charge is 0.169 e. The van der Waals surface area contributed by atoms with E-state index in [2.05, 4.69) is 51.1 Å². The first-order valence-electron chi connectivity index (χ1n) is 13.8. The van der Waals surface area contributed by atoms with Crippen LogP contribution in [0.2, 0.25) is 0 Å². The Morgan fingerprint density at radius 1 is 1.03 bits per heavy atom. The largest absolute Gasteiger partial charge is 0.367 e. The molecule has 4 nitrogen and oxygen atoms in total. The number of carbonyl (C=O) groups is 1. The van der Waals surface area contributed by atoms with Crippen LogP contribution < -0.4 is 0 Å². The maximum absolute atomic E-state index is 12.9. The Morgan fingerprint density at radius 2 is 1.74 bits per heavy atom. The Bertz CT molecular complexity index is 998. The summed E-state index contributed by atoms with van der Waals surface area (Å²) in [5.74, 6) is 0.841. The summed E-state index contributed by atoms with van der Waals surface area (Å²) < 4.78 is 12.5. The molecule has 5 rings (SSSR count). The fourth-order valence-electron chi connectivity index (χ4n) is 8.80. The Morgan fingerprint density at radius 3 is 2.43 bits per heavy atom. The van der Waals surface area contributed by atoms with Gasteiger partial charge in [0.25, 0.3) is 0 Å². The van der Waals surface area contributed by atoms with Gasteiger partial charge in [0.2, 0.25) is 0 Å². The van der Waals surface area contributed by atoms with Gasteiger partial charge in [0.15, 0.2) is 11.6 Å². The highest BCUT2D eigenvalue weighted by Crippen LogP contribution is 2.68. The zero-order chi connectivity index (χ0) is 25.1. The van der Waals surface area contributed by atoms with Gasteiger partial charge in [-0.25, -0.2) is 0 Å². The second-order valence-corrected chi connectivity index (χ2v) is 12.5. The van der Waals surface area contributed by atoms with Crippen molar-refractivity contribution >= 4 is 5.78 Å². The first kappa shape index (κ1) is 25.2. The molecule has 0 unspecified atom stereocenters. The molecule has 0 aromatic heterocycles. The molecule has 0 amide bonds. The lowest BCUT2D eigenvalue weighted by atomic mass is 9.46. The van der Waals surface area contributed by atoms with Gasteiger partial charge in [-0.15, -0.1) is 0 Å². The number of ketones is 1. The predicted octanol–water partition coefficient (Wildman–Crippen LogP) is 6.53. The number of ether oxygens (including phenoxy) is 2. The third kappa shape index (κ3) is 3.86. The van der Waals surface area contributed by atoms with E-state index >= 15 is 0 Å². The molecule has 0 bridgehead atoms. The second kappa shape index (κ2) is 8.82. The van der Waals surface area contributed by atoms with E-state index in [4.69, 9.17) is 9.47 Å². The van der Waals surface area contributed by atoms with Crippen LogP contribution in [0.15, 0.2) is 35.9 Å². The van der Waals surface area contributed by atoms with Crippen molar-refractivity contribution < 1.29 is 19.4 Å². The molecule has 0 radical (unpaired) electrons. The van der Waals surface area contributed by atoms with Crippen molar-refractivity contribution in [2.45, 2.75) is 104 Å². The first-order valence-corrected chi connectivity index (χ1v) is 13.8. The van der Waals surface area contributed by atoms with E-state index in [0.717, 1.165) is 44.1 Å². The van der Waals surface area contributed by atoms with Gasteiger partial charge in [0.1, 0.15) is 5.60 Å². The van der Waals surface area contributed by atoms with Crippen molar-refractivity contribution in [3.05, 3.63) is 47.0 Å². The van der Waals surface area contributed by atoms with Gasteiger partial charge in [-0.2, -0.15) is 0 Å². The molecule has 192 valence electrons. The minimum absolute atomic E-state index is 0.0791. The number of allylic oxidation sites excluding steroid dienone is 1. The van der Waals surface area contributed by atoms with E-state index in [9.17, 15) is 9.90 Å². The zero-order valence-electron chi connectivity index (χ0n) is 22.4. The maximum atomic E-state index is 12.9. The summed E-state index contributed by atoms with van der Waals surface area (Å²) in [5, 5.41) is 11.4. The molecule has 3 saturated carbocycles. The van der Waals surface area contributed by atoms with Gasteiger partial charge < -0.3 is 14.6 Å². The summed E-state index contributed by atoms with van der Waals surface area (Å²) in [6.45, 7) is 11.7. The number of carbonyl (C=O) groups excluding carboxylic acids is 1. The Kier molecular flexibility index (Phi) is 6.34. The number of rotatable bonds is 6. The summed E-state index contributed by atoms with van der Waals surface area (Å²) in [4.78, 5) is 12.9. The lowest BCUT2D eigenvalue weighted by Crippen LogP contribution is -2.58. The molecule has 4 aliphatic carbocycles. The maximum Gasteiger partial charge on any atom is 0.169 e. The van der Waals surface area contributed by atoms with E-state index in [1.54, 1.807) is 6.92 Å². The van der Waals surface area contributed by atoms with Crippen LogP contribution >= 0.6 is 0 Å². The standard InChI is InChI=1S/C31H44O4/c1-6-34-31(22(3)32)16-14-27-25-12-11-24-19-30(33,35-20-23-9-7-21(2)8-10-23)18-17-28(24,4)26(25)13-15-29(27,31)5/h7-11,25-27,33H,6,12-20H2,1-5H3/t25-,26+,27+,28+,29+,30-,31+/m1/s1. The number of Topliss-reactive ketones (excluding diaryl/α,β-unsaturated/α-hetero) is 1. The molecule has 0 heterocycles. The van der Waals surface area contributed by atoms with E-state index in [1.165, 1.54) is 11.1 Å². The molecule has 0 saturated heterocycles. The minimum atomic E-state index is -1.08. The SMILES string of the molecule is CCO[C@]1(C(C)=O)CC[C@H]2[C@@H]3CC=C4C[C@](O)(OCc5ccc(C)cc5)CC[C@]4(C)[C@H]3CC[C@@]21C. The number of benzene rings is 1. The average Bonchev–Trinajstić information content (AvgIpc) is 3.13. The van der Waals surface area contributed by atoms with Gasteiger partial charge in [-0.05, 0) is 88.0 Å². The highest BCUT2D eigenvalue weighted by molar-refractivity contribution is 5.86. The Hall–Kier alpha value is -1.49. The quantitative estimate of drug-likeness (QED) is 0.372. The van der Waals surface area contributed by atoms with Crippen LogP contribution in [0.1, 0.15) is 90.2 Å². The van der Waals surface area contributed by atoms with Crippen molar-refractivity contribution in [1.82, 2.24) is 0 Å². The Labute approximate surface area is 211 Å². The van der Waals surface area contributed by atoms with Gasteiger partial charge in [-0.3, -0.25) is 4.79 Å². The molecular formula is C31H44O4. The van der Waals surface area contributed by atoms with E-state index < -0.39 is 11.4 Å². The van der Waals surface area contributed by atoms with Crippen LogP contribution in [0.4, 0.5) is 0 Å². The van der Waals surface area contributed by atoms with Crippen LogP contribution in [0, 0.1) is 35.5 Å². The predicted molar refractivity (Wildman–Crippen MR) is 138 cm³/mol. The number of hydrogen-bond donors (Lipinski definition) is 1. The highest BCUT2D eigenvalue weighted by Gasteiger charge is 2.66. The minimum Gasteiger partial charge on any atom is -0.367 e. The normalized spacial score (nSPS) is 42.6. The molecule has 1 aromatic carbocycles. The summed E-state index contributed by atoms with van der Waals surface area (Å²) in [6, 6.07) is 8.35. The van der Waals surface area contributed by atoms with Crippen LogP contribution in [0.25, 0.3) is 0 Å². The number of hydrogen-bond acceptors (Lipinski definition) is 4. The first-order chi connectivity index (χ1) is 16.6. The van der Waals surface area contributed by atoms with Gasteiger partial charge in [-0.1, -0.05) is 55.3 Å². The Balaban J connectivity index is 1.35. The highest BCUT2D eigenvalue weighted by atomic mass is 16.6. The monoisotopic (exact) mass is 480 g/mol.